The van der Waals surface area contributed by atoms with Gasteiger partial charge in [-0.1, -0.05) is 0 Å². The summed E-state index contributed by atoms with van der Waals surface area (Å²) < 4.78 is 18.2. The zero-order valence-corrected chi connectivity index (χ0v) is 14.1. The number of Topliss-reactive ketones (excluding diaryl/α,β-unsaturated/α-hetero) is 1. The minimum atomic E-state index is -0.136. The lowest BCUT2D eigenvalue weighted by Gasteiger charge is -2.61. The number of carbonyl (C=O) groups excluding carboxylic acids is 1. The van der Waals surface area contributed by atoms with Crippen LogP contribution in [0.4, 0.5) is 0 Å². The summed E-state index contributed by atoms with van der Waals surface area (Å²) in [6.45, 7) is 0. The van der Waals surface area contributed by atoms with Crippen LogP contribution in [0.5, 0.6) is 0 Å². The maximum absolute atomic E-state index is 13.1. The van der Waals surface area contributed by atoms with E-state index in [9.17, 15) is 4.79 Å². The zero-order chi connectivity index (χ0) is 16.3. The highest BCUT2D eigenvalue weighted by Crippen LogP contribution is 2.74. The van der Waals surface area contributed by atoms with Crippen LogP contribution in [0.15, 0.2) is 34.6 Å². The number of carbonyl (C=O) groups is 1. The molecule has 6 atom stereocenters. The summed E-state index contributed by atoms with van der Waals surface area (Å²) in [7, 11) is 3.53. The van der Waals surface area contributed by atoms with Gasteiger partial charge in [-0.2, -0.15) is 0 Å². The molecular weight excluding hydrogens is 304 g/mol. The van der Waals surface area contributed by atoms with Gasteiger partial charge < -0.3 is 14.2 Å². The molecule has 5 fully saturated rings. The molecular formula is C20H22O4. The van der Waals surface area contributed by atoms with Gasteiger partial charge in [-0.15, -0.1) is 0 Å². The molecule has 0 aromatic heterocycles. The third-order valence-corrected chi connectivity index (χ3v) is 7.90. The Morgan fingerprint density at radius 2 is 2.17 bits per heavy atom. The average Bonchev–Trinajstić information content (AvgIpc) is 2.94. The third kappa shape index (κ3) is 1.25. The molecule has 1 heterocycles. The highest BCUT2D eigenvalue weighted by Gasteiger charge is 2.76. The SMILES string of the molecule is COC1=CCC2=C3C(=C1)C(=O)C[C@]14CC[C@@]5(OC)C(C1)O[C@H]2C5C34. The number of hydrogen-bond acceptors (Lipinski definition) is 4. The smallest absolute Gasteiger partial charge is 0.163 e. The Bertz CT molecular complexity index is 775. The highest BCUT2D eigenvalue weighted by atomic mass is 16.6. The molecule has 4 heteroatoms. The van der Waals surface area contributed by atoms with Gasteiger partial charge >= 0.3 is 0 Å². The van der Waals surface area contributed by atoms with Crippen molar-refractivity contribution in [1.82, 2.24) is 0 Å². The van der Waals surface area contributed by atoms with Crippen molar-refractivity contribution in [2.45, 2.75) is 49.9 Å². The van der Waals surface area contributed by atoms with Crippen LogP contribution < -0.4 is 0 Å². The van der Waals surface area contributed by atoms with E-state index in [2.05, 4.69) is 6.08 Å². The number of ether oxygens (including phenoxy) is 3. The number of methoxy groups -OCH3 is 2. The van der Waals surface area contributed by atoms with Crippen molar-refractivity contribution < 1.29 is 19.0 Å². The van der Waals surface area contributed by atoms with Gasteiger partial charge in [0.25, 0.3) is 0 Å². The molecule has 4 saturated carbocycles. The summed E-state index contributed by atoms with van der Waals surface area (Å²) in [5.74, 6) is 1.93. The number of ketones is 1. The fraction of sp³-hybridized carbons (Fsp3) is 0.650. The van der Waals surface area contributed by atoms with Gasteiger partial charge in [0.1, 0.15) is 11.4 Å². The predicted molar refractivity (Wildman–Crippen MR) is 86.1 cm³/mol. The van der Waals surface area contributed by atoms with Gasteiger partial charge in [-0.25, -0.2) is 0 Å². The lowest BCUT2D eigenvalue weighted by atomic mass is 9.44. The fourth-order valence-electron chi connectivity index (χ4n) is 7.05. The zero-order valence-electron chi connectivity index (χ0n) is 14.1. The molecule has 1 aliphatic heterocycles. The van der Waals surface area contributed by atoms with Gasteiger partial charge in [0.05, 0.1) is 19.3 Å². The molecule has 0 radical (unpaired) electrons. The van der Waals surface area contributed by atoms with Gasteiger partial charge in [-0.05, 0) is 60.3 Å². The Kier molecular flexibility index (Phi) is 2.34. The molecule has 1 spiro atoms. The Morgan fingerprint density at radius 3 is 2.96 bits per heavy atom. The van der Waals surface area contributed by atoms with E-state index in [-0.39, 0.29) is 23.2 Å². The normalized spacial score (nSPS) is 50.0. The van der Waals surface area contributed by atoms with Crippen LogP contribution >= 0.6 is 0 Å². The quantitative estimate of drug-likeness (QED) is 0.783. The highest BCUT2D eigenvalue weighted by molar-refractivity contribution is 6.03. The molecule has 0 aromatic rings. The van der Waals surface area contributed by atoms with Crippen LogP contribution in [0.1, 0.15) is 32.1 Å². The third-order valence-electron chi connectivity index (χ3n) is 7.90. The maximum Gasteiger partial charge on any atom is 0.163 e. The van der Waals surface area contributed by atoms with Crippen molar-refractivity contribution in [2.24, 2.45) is 17.3 Å². The average molecular weight is 326 g/mol. The summed E-state index contributed by atoms with van der Waals surface area (Å²) in [6.07, 6.45) is 8.96. The largest absolute Gasteiger partial charge is 0.497 e. The van der Waals surface area contributed by atoms with E-state index in [0.29, 0.717) is 24.0 Å². The second-order valence-electron chi connectivity index (χ2n) is 8.39. The standard InChI is InChI=1S/C20H22O4/c1-22-10-3-4-11-15-12(7-10)13(21)8-19-5-6-20(23-2)14(9-19)24-18(11)17(20)16(15)19/h3,7,14,16-18H,4-6,8-9H2,1-2H3/t14?,16?,17?,18-,19-,20-/m1/s1. The minimum absolute atomic E-state index is 0.105. The number of allylic oxidation sites excluding steroid dienone is 4. The molecule has 7 rings (SSSR count). The van der Waals surface area contributed by atoms with E-state index in [0.717, 1.165) is 37.0 Å². The van der Waals surface area contributed by atoms with Gasteiger partial charge in [0.15, 0.2) is 5.78 Å². The van der Waals surface area contributed by atoms with Crippen LogP contribution in [-0.4, -0.2) is 37.8 Å². The maximum atomic E-state index is 13.1. The predicted octanol–water partition coefficient (Wildman–Crippen LogP) is 2.70. The Balaban J connectivity index is 1.61. The van der Waals surface area contributed by atoms with E-state index in [4.69, 9.17) is 14.2 Å². The fourth-order valence-corrected chi connectivity index (χ4v) is 7.05. The van der Waals surface area contributed by atoms with E-state index >= 15 is 0 Å². The van der Waals surface area contributed by atoms with Crippen LogP contribution in [0.2, 0.25) is 0 Å². The second kappa shape index (κ2) is 4.05. The van der Waals surface area contributed by atoms with Crippen LogP contribution in [0.3, 0.4) is 0 Å². The molecule has 6 aliphatic carbocycles. The molecule has 0 N–H and O–H groups in total. The summed E-state index contributed by atoms with van der Waals surface area (Å²) in [4.78, 5) is 13.1. The van der Waals surface area contributed by atoms with Crippen molar-refractivity contribution in [2.75, 3.05) is 14.2 Å². The van der Waals surface area contributed by atoms with Crippen LogP contribution in [-0.2, 0) is 19.0 Å². The minimum Gasteiger partial charge on any atom is -0.497 e. The lowest BCUT2D eigenvalue weighted by molar-refractivity contribution is -0.194. The summed E-state index contributed by atoms with van der Waals surface area (Å²) in [5, 5.41) is 0. The Hall–Kier alpha value is -1.39. The number of fused-ring (bicyclic) bond motifs is 2. The molecule has 0 aromatic carbocycles. The van der Waals surface area contributed by atoms with Crippen molar-refractivity contribution in [3.05, 3.63) is 34.6 Å². The molecule has 4 bridgehead atoms. The molecule has 126 valence electrons. The number of hydrogen-bond donors (Lipinski definition) is 0. The molecule has 24 heavy (non-hydrogen) atoms. The lowest BCUT2D eigenvalue weighted by Crippen LogP contribution is -2.64. The van der Waals surface area contributed by atoms with E-state index in [1.54, 1.807) is 7.11 Å². The van der Waals surface area contributed by atoms with Gasteiger partial charge in [0, 0.05) is 25.0 Å². The van der Waals surface area contributed by atoms with Crippen molar-refractivity contribution in [3.63, 3.8) is 0 Å². The van der Waals surface area contributed by atoms with E-state index in [1.165, 1.54) is 11.1 Å². The summed E-state index contributed by atoms with van der Waals surface area (Å²) in [5.41, 5.74) is 3.48. The molecule has 7 aliphatic rings. The molecule has 3 unspecified atom stereocenters. The Labute approximate surface area is 141 Å². The van der Waals surface area contributed by atoms with Gasteiger partial charge in [-0.3, -0.25) is 4.79 Å². The topological polar surface area (TPSA) is 44.8 Å². The number of rotatable bonds is 2. The molecule has 0 amide bonds. The monoisotopic (exact) mass is 326 g/mol. The molecule has 4 nitrogen and oxygen atoms in total. The summed E-state index contributed by atoms with van der Waals surface area (Å²) in [6, 6.07) is 0. The first-order valence-electron chi connectivity index (χ1n) is 9.06. The first-order valence-corrected chi connectivity index (χ1v) is 9.06. The summed E-state index contributed by atoms with van der Waals surface area (Å²) >= 11 is 0. The Morgan fingerprint density at radius 1 is 1.29 bits per heavy atom. The van der Waals surface area contributed by atoms with Crippen LogP contribution in [0, 0.1) is 17.3 Å². The van der Waals surface area contributed by atoms with E-state index < -0.39 is 0 Å². The first-order chi connectivity index (χ1) is 11.6. The van der Waals surface area contributed by atoms with E-state index in [1.807, 2.05) is 13.2 Å². The van der Waals surface area contributed by atoms with Crippen molar-refractivity contribution in [3.8, 4) is 0 Å². The second-order valence-corrected chi connectivity index (χ2v) is 8.39. The van der Waals surface area contributed by atoms with Crippen LogP contribution in [0.25, 0.3) is 0 Å². The molecule has 1 saturated heterocycles. The first kappa shape index (κ1) is 13.9. The van der Waals surface area contributed by atoms with Crippen molar-refractivity contribution >= 4 is 5.78 Å². The van der Waals surface area contributed by atoms with Crippen molar-refractivity contribution in [1.29, 1.82) is 0 Å². The van der Waals surface area contributed by atoms with Gasteiger partial charge in [0.2, 0.25) is 0 Å².